The van der Waals surface area contributed by atoms with E-state index >= 15 is 0 Å². The van der Waals surface area contributed by atoms with E-state index in [2.05, 4.69) is 15.9 Å². The molecule has 5 heteroatoms. The number of rotatable bonds is 2. The summed E-state index contributed by atoms with van der Waals surface area (Å²) in [5.41, 5.74) is 7.12. The Morgan fingerprint density at radius 2 is 2.14 bits per heavy atom. The molecular formula is C16H20BrNO2S. The van der Waals surface area contributed by atoms with E-state index in [0.29, 0.717) is 17.9 Å². The first-order valence-electron chi connectivity index (χ1n) is 7.41. The van der Waals surface area contributed by atoms with Crippen molar-refractivity contribution in [1.29, 1.82) is 0 Å². The minimum atomic E-state index is -0.0589. The second kappa shape index (κ2) is 6.31. The van der Waals surface area contributed by atoms with Crippen molar-refractivity contribution in [1.82, 2.24) is 0 Å². The van der Waals surface area contributed by atoms with E-state index < -0.39 is 0 Å². The van der Waals surface area contributed by atoms with E-state index in [1.54, 1.807) is 6.07 Å². The van der Waals surface area contributed by atoms with Crippen molar-refractivity contribution in [2.75, 3.05) is 23.8 Å². The molecule has 0 amide bonds. The molecule has 3 nitrogen and oxygen atoms in total. The van der Waals surface area contributed by atoms with E-state index in [1.807, 2.05) is 23.9 Å². The van der Waals surface area contributed by atoms with Crippen molar-refractivity contribution in [2.24, 2.45) is 5.92 Å². The topological polar surface area (TPSA) is 52.3 Å². The highest BCUT2D eigenvalue weighted by molar-refractivity contribution is 9.10. The summed E-state index contributed by atoms with van der Waals surface area (Å²) in [4.78, 5) is 12.9. The molecule has 0 radical (unpaired) electrons. The van der Waals surface area contributed by atoms with Gasteiger partial charge in [-0.3, -0.25) is 4.79 Å². The van der Waals surface area contributed by atoms with Gasteiger partial charge in [-0.1, -0.05) is 15.9 Å². The number of nitrogens with two attached hydrogens (primary N) is 1. The second-order valence-electron chi connectivity index (χ2n) is 5.94. The molecule has 2 saturated heterocycles. The molecule has 2 aliphatic rings. The average molecular weight is 370 g/mol. The van der Waals surface area contributed by atoms with Gasteiger partial charge in [0, 0.05) is 28.2 Å². The van der Waals surface area contributed by atoms with Gasteiger partial charge in [-0.15, -0.1) is 0 Å². The minimum absolute atomic E-state index is 0.0555. The van der Waals surface area contributed by atoms with Crippen LogP contribution >= 0.6 is 27.7 Å². The van der Waals surface area contributed by atoms with E-state index in [4.69, 9.17) is 10.5 Å². The van der Waals surface area contributed by atoms with Gasteiger partial charge < -0.3 is 10.5 Å². The van der Waals surface area contributed by atoms with E-state index in [9.17, 15) is 4.79 Å². The van der Waals surface area contributed by atoms with Crippen LogP contribution in [0.3, 0.4) is 0 Å². The quantitative estimate of drug-likeness (QED) is 0.634. The molecule has 1 aromatic carbocycles. The van der Waals surface area contributed by atoms with Crippen molar-refractivity contribution in [3.63, 3.8) is 0 Å². The lowest BCUT2D eigenvalue weighted by Gasteiger charge is -2.43. The summed E-state index contributed by atoms with van der Waals surface area (Å²) in [6.45, 7) is 0.695. The maximum atomic E-state index is 12.9. The maximum absolute atomic E-state index is 12.9. The molecular weight excluding hydrogens is 350 g/mol. The largest absolute Gasteiger partial charge is 0.399 e. The zero-order valence-corrected chi connectivity index (χ0v) is 14.3. The van der Waals surface area contributed by atoms with Gasteiger partial charge in [0.05, 0.1) is 5.60 Å². The molecule has 21 heavy (non-hydrogen) atoms. The third kappa shape index (κ3) is 3.30. The van der Waals surface area contributed by atoms with Crippen LogP contribution in [0, 0.1) is 5.92 Å². The zero-order chi connectivity index (χ0) is 14.9. The molecule has 0 bridgehead atoms. The van der Waals surface area contributed by atoms with Crippen LogP contribution in [0.25, 0.3) is 0 Å². The molecule has 2 N–H and O–H groups in total. The van der Waals surface area contributed by atoms with Crippen LogP contribution < -0.4 is 5.73 Å². The molecule has 1 atom stereocenters. The Labute approximate surface area is 138 Å². The molecule has 0 aromatic heterocycles. The van der Waals surface area contributed by atoms with Gasteiger partial charge in [0.15, 0.2) is 5.78 Å². The number of ketones is 1. The lowest BCUT2D eigenvalue weighted by atomic mass is 9.79. The third-order valence-corrected chi connectivity index (χ3v) is 6.20. The van der Waals surface area contributed by atoms with Crippen molar-refractivity contribution in [3.8, 4) is 0 Å². The van der Waals surface area contributed by atoms with Crippen molar-refractivity contribution >= 4 is 39.2 Å². The summed E-state index contributed by atoms with van der Waals surface area (Å²) >= 11 is 5.46. The molecule has 1 unspecified atom stereocenters. The number of ether oxygens (including phenoxy) is 1. The van der Waals surface area contributed by atoms with Gasteiger partial charge in [0.2, 0.25) is 0 Å². The van der Waals surface area contributed by atoms with Crippen molar-refractivity contribution in [2.45, 2.75) is 31.3 Å². The number of Topliss-reactive ketones (excluding diaryl/α,β-unsaturated/α-hetero) is 1. The fraction of sp³-hybridized carbons (Fsp3) is 0.562. The Balaban J connectivity index is 1.79. The lowest BCUT2D eigenvalue weighted by Crippen LogP contribution is -2.44. The number of thioether (sulfide) groups is 1. The Morgan fingerprint density at radius 1 is 1.38 bits per heavy atom. The number of halogens is 1. The molecule has 0 saturated carbocycles. The van der Waals surface area contributed by atoms with Crippen molar-refractivity contribution < 1.29 is 9.53 Å². The first-order chi connectivity index (χ1) is 10.1. The van der Waals surface area contributed by atoms with Crippen molar-refractivity contribution in [3.05, 3.63) is 28.2 Å². The molecule has 2 fully saturated rings. The Bertz CT molecular complexity index is 538. The Hall–Kier alpha value is -0.520. The highest BCUT2D eigenvalue weighted by Gasteiger charge is 2.41. The summed E-state index contributed by atoms with van der Waals surface area (Å²) in [6, 6.07) is 5.45. The van der Waals surface area contributed by atoms with Gasteiger partial charge in [-0.25, -0.2) is 0 Å². The first-order valence-corrected chi connectivity index (χ1v) is 9.35. The molecule has 0 aliphatic carbocycles. The number of hydrogen-bond donors (Lipinski definition) is 1. The number of carbonyl (C=O) groups is 1. The van der Waals surface area contributed by atoms with Gasteiger partial charge in [-0.05, 0) is 55.4 Å². The van der Waals surface area contributed by atoms with Crippen LogP contribution in [-0.2, 0) is 4.74 Å². The standard InChI is InChI=1S/C16H20BrNO2S/c17-14-2-1-12(18)9-13(14)15(19)11-3-6-20-16(10-11)4-7-21-8-5-16/h1-2,9,11H,3-8,10,18H2. The smallest absolute Gasteiger partial charge is 0.167 e. The summed E-state index contributed by atoms with van der Waals surface area (Å²) in [5, 5.41) is 0. The van der Waals surface area contributed by atoms with E-state index in [-0.39, 0.29) is 17.3 Å². The zero-order valence-electron chi connectivity index (χ0n) is 11.9. The number of carbonyl (C=O) groups excluding carboxylic acids is 1. The van der Waals surface area contributed by atoms with Gasteiger partial charge >= 0.3 is 0 Å². The predicted molar refractivity (Wildman–Crippen MR) is 90.9 cm³/mol. The normalized spacial score (nSPS) is 24.9. The highest BCUT2D eigenvalue weighted by Crippen LogP contribution is 2.41. The molecule has 114 valence electrons. The van der Waals surface area contributed by atoms with E-state index in [1.165, 1.54) is 0 Å². The second-order valence-corrected chi connectivity index (χ2v) is 8.02. The van der Waals surface area contributed by atoms with Gasteiger partial charge in [0.25, 0.3) is 0 Å². The molecule has 2 heterocycles. The van der Waals surface area contributed by atoms with Crippen LogP contribution in [0.2, 0.25) is 0 Å². The maximum Gasteiger partial charge on any atom is 0.167 e. The Kier molecular flexibility index (Phi) is 4.62. The number of benzene rings is 1. The minimum Gasteiger partial charge on any atom is -0.399 e. The van der Waals surface area contributed by atoms with Gasteiger partial charge in [-0.2, -0.15) is 11.8 Å². The molecule has 2 aliphatic heterocycles. The third-order valence-electron chi connectivity index (χ3n) is 4.52. The molecule has 3 rings (SSSR count). The summed E-state index contributed by atoms with van der Waals surface area (Å²) < 4.78 is 6.91. The molecule has 1 aromatic rings. The fourth-order valence-corrected chi connectivity index (χ4v) is 4.97. The predicted octanol–water partition coefficient (Wildman–Crippen LogP) is 3.91. The molecule has 1 spiro atoms. The average Bonchev–Trinajstić information content (AvgIpc) is 2.50. The van der Waals surface area contributed by atoms with Crippen LogP contribution in [0.4, 0.5) is 5.69 Å². The highest BCUT2D eigenvalue weighted by atomic mass is 79.9. The number of anilines is 1. The summed E-state index contributed by atoms with van der Waals surface area (Å²) in [5.74, 6) is 2.54. The monoisotopic (exact) mass is 369 g/mol. The van der Waals surface area contributed by atoms with Crippen LogP contribution in [0.1, 0.15) is 36.0 Å². The van der Waals surface area contributed by atoms with Crippen LogP contribution in [-0.4, -0.2) is 29.5 Å². The summed E-state index contributed by atoms with van der Waals surface area (Å²) in [6.07, 6.45) is 3.81. The van der Waals surface area contributed by atoms with E-state index in [0.717, 1.165) is 41.7 Å². The fourth-order valence-electron chi connectivity index (χ4n) is 3.30. The Morgan fingerprint density at radius 3 is 2.90 bits per heavy atom. The number of nitrogen functional groups attached to an aromatic ring is 1. The van der Waals surface area contributed by atoms with Gasteiger partial charge in [0.1, 0.15) is 0 Å². The number of hydrogen-bond acceptors (Lipinski definition) is 4. The SMILES string of the molecule is Nc1ccc(Br)c(C(=O)C2CCOC3(CCSCC3)C2)c1. The lowest BCUT2D eigenvalue weighted by molar-refractivity contribution is -0.0959. The van der Waals surface area contributed by atoms with Crippen LogP contribution in [0.15, 0.2) is 22.7 Å². The first kappa shape index (κ1) is 15.4. The van der Waals surface area contributed by atoms with Crippen LogP contribution in [0.5, 0.6) is 0 Å². The summed E-state index contributed by atoms with van der Waals surface area (Å²) in [7, 11) is 0.